The molecular weight excluding hydrogens is 528 g/mol. The number of fused-ring (bicyclic) bond motifs is 2. The minimum Gasteiger partial charge on any atom is -0.381 e. The Hall–Kier alpha value is -3.23. The number of nitrogens with zero attached hydrogens (tertiary/aromatic N) is 5. The van der Waals surface area contributed by atoms with Gasteiger partial charge >= 0.3 is 0 Å². The van der Waals surface area contributed by atoms with Crippen molar-refractivity contribution in [2.75, 3.05) is 24.7 Å². The van der Waals surface area contributed by atoms with Crippen LogP contribution >= 0.6 is 11.3 Å². The van der Waals surface area contributed by atoms with Crippen molar-refractivity contribution in [3.63, 3.8) is 0 Å². The van der Waals surface area contributed by atoms with Crippen LogP contribution in [-0.4, -0.2) is 70.3 Å². The molecule has 0 unspecified atom stereocenters. The van der Waals surface area contributed by atoms with Crippen LogP contribution in [0.5, 0.6) is 0 Å². The molecule has 7 rings (SSSR count). The number of piperidine rings is 1. The van der Waals surface area contributed by atoms with Gasteiger partial charge in [0.2, 0.25) is 0 Å². The predicted molar refractivity (Wildman–Crippen MR) is 147 cm³/mol. The number of thiophene rings is 1. The van der Waals surface area contributed by atoms with Gasteiger partial charge in [-0.05, 0) is 70.3 Å². The van der Waals surface area contributed by atoms with Gasteiger partial charge in [0.15, 0.2) is 5.69 Å². The van der Waals surface area contributed by atoms with Gasteiger partial charge in [0.1, 0.15) is 17.9 Å². The Bertz CT molecular complexity index is 1420. The van der Waals surface area contributed by atoms with Crippen molar-refractivity contribution in [1.29, 1.82) is 5.26 Å². The van der Waals surface area contributed by atoms with Crippen LogP contribution in [0.2, 0.25) is 0 Å². The lowest BCUT2D eigenvalue weighted by atomic mass is 9.82. The Labute approximate surface area is 237 Å². The van der Waals surface area contributed by atoms with Crippen LogP contribution in [-0.2, 0) is 9.53 Å². The predicted octanol–water partition coefficient (Wildman–Crippen LogP) is 3.39. The minimum atomic E-state index is -0.787. The van der Waals surface area contributed by atoms with E-state index in [-0.39, 0.29) is 41.6 Å². The van der Waals surface area contributed by atoms with Crippen LogP contribution in [0.25, 0.3) is 0 Å². The number of anilines is 1. The third-order valence-electron chi connectivity index (χ3n) is 9.35. The standard InChI is InChI=1S/C29H34N6O4S/c1-3-33-27-23(22(16-4-5-16)24(28(33)37)31-26(36)18-10-15(2)40-14-18)25(32-35(27)19-6-8-39-9-7-19)29(38)34-20(13-30)11-17-12-21(17)34/h10,14,16-17,19-22,24H,3-9,11-12H2,1-2H3,(H,31,36)/t17-,20-,21+,22-,24-/m0/s1. The highest BCUT2D eigenvalue weighted by atomic mass is 32.1. The quantitative estimate of drug-likeness (QED) is 0.576. The van der Waals surface area contributed by atoms with Crippen LogP contribution in [0.4, 0.5) is 5.82 Å². The lowest BCUT2D eigenvalue weighted by Crippen LogP contribution is -2.56. The monoisotopic (exact) mass is 562 g/mol. The molecule has 1 N–H and O–H groups in total. The average molecular weight is 563 g/mol. The summed E-state index contributed by atoms with van der Waals surface area (Å²) in [5.74, 6) is 0.259. The largest absolute Gasteiger partial charge is 0.381 e. The molecule has 0 aromatic carbocycles. The van der Waals surface area contributed by atoms with Gasteiger partial charge in [-0.25, -0.2) is 4.68 Å². The van der Waals surface area contributed by atoms with E-state index in [4.69, 9.17) is 9.84 Å². The maximum atomic E-state index is 14.3. The van der Waals surface area contributed by atoms with Gasteiger partial charge in [-0.1, -0.05) is 0 Å². The number of nitrogens with one attached hydrogen (secondary N) is 1. The van der Waals surface area contributed by atoms with Gasteiger partial charge in [-0.3, -0.25) is 19.3 Å². The Morgan fingerprint density at radius 3 is 2.62 bits per heavy atom. The lowest BCUT2D eigenvalue weighted by molar-refractivity contribution is -0.121. The van der Waals surface area contributed by atoms with Crippen LogP contribution < -0.4 is 10.2 Å². The van der Waals surface area contributed by atoms with Gasteiger partial charge in [0.05, 0.1) is 17.7 Å². The first-order valence-corrected chi connectivity index (χ1v) is 15.4. The second-order valence-electron chi connectivity index (χ2n) is 11.9. The minimum absolute atomic E-state index is 0.00434. The summed E-state index contributed by atoms with van der Waals surface area (Å²) >= 11 is 1.50. The van der Waals surface area contributed by atoms with E-state index in [1.165, 1.54) is 11.3 Å². The van der Waals surface area contributed by atoms with Gasteiger partial charge in [0, 0.05) is 47.5 Å². The summed E-state index contributed by atoms with van der Waals surface area (Å²) in [6, 6.07) is 3.02. The second-order valence-corrected chi connectivity index (χ2v) is 13.0. The molecule has 0 spiro atoms. The van der Waals surface area contributed by atoms with Crippen molar-refractivity contribution in [1.82, 2.24) is 20.0 Å². The molecule has 10 nitrogen and oxygen atoms in total. The molecule has 0 bridgehead atoms. The highest BCUT2D eigenvalue weighted by molar-refractivity contribution is 7.10. The van der Waals surface area contributed by atoms with E-state index in [1.807, 2.05) is 30.0 Å². The van der Waals surface area contributed by atoms with Crippen molar-refractivity contribution in [3.05, 3.63) is 33.1 Å². The summed E-state index contributed by atoms with van der Waals surface area (Å²) in [6.45, 7) is 5.46. The summed E-state index contributed by atoms with van der Waals surface area (Å²) in [5, 5.41) is 19.7. The smallest absolute Gasteiger partial charge is 0.276 e. The number of carbonyl (C=O) groups is 3. The number of likely N-dealkylation sites (tertiary alicyclic amines) is 1. The molecule has 4 fully saturated rings. The fourth-order valence-corrected chi connectivity index (χ4v) is 7.83. The third-order valence-corrected chi connectivity index (χ3v) is 10.2. The maximum absolute atomic E-state index is 14.3. The molecule has 2 saturated carbocycles. The van der Waals surface area contributed by atoms with Crippen LogP contribution in [0.15, 0.2) is 11.4 Å². The molecule has 0 radical (unpaired) electrons. The summed E-state index contributed by atoms with van der Waals surface area (Å²) < 4.78 is 7.52. The van der Waals surface area contributed by atoms with E-state index in [2.05, 4.69) is 11.4 Å². The Morgan fingerprint density at radius 2 is 1.98 bits per heavy atom. The van der Waals surface area contributed by atoms with E-state index < -0.39 is 12.1 Å². The van der Waals surface area contributed by atoms with Crippen LogP contribution in [0.1, 0.15) is 88.7 Å². The fraction of sp³-hybridized carbons (Fsp3) is 0.621. The molecule has 11 heteroatoms. The molecule has 40 heavy (non-hydrogen) atoms. The number of hydrogen-bond donors (Lipinski definition) is 1. The van der Waals surface area contributed by atoms with Crippen LogP contribution in [0, 0.1) is 30.1 Å². The highest BCUT2D eigenvalue weighted by Gasteiger charge is 2.57. The van der Waals surface area contributed by atoms with Gasteiger partial charge in [0.25, 0.3) is 17.7 Å². The van der Waals surface area contributed by atoms with Crippen molar-refractivity contribution >= 4 is 34.9 Å². The normalized spacial score (nSPS) is 29.6. The van der Waals surface area contributed by atoms with Crippen molar-refractivity contribution < 1.29 is 19.1 Å². The summed E-state index contributed by atoms with van der Waals surface area (Å²) in [7, 11) is 0. The molecule has 3 aliphatic heterocycles. The molecule has 5 aliphatic rings. The van der Waals surface area contributed by atoms with Gasteiger partial charge < -0.3 is 15.0 Å². The summed E-state index contributed by atoms with van der Waals surface area (Å²) in [4.78, 5) is 46.3. The number of rotatable bonds is 6. The molecule has 2 aliphatic carbocycles. The zero-order valence-electron chi connectivity index (χ0n) is 22.8. The number of hydrogen-bond acceptors (Lipinski definition) is 7. The number of likely N-dealkylation sites (N-methyl/N-ethyl adjacent to an activating group) is 1. The lowest BCUT2D eigenvalue weighted by Gasteiger charge is -2.39. The van der Waals surface area contributed by atoms with E-state index in [0.717, 1.165) is 42.5 Å². The first-order valence-electron chi connectivity index (χ1n) is 14.5. The number of aromatic nitrogens is 2. The van der Waals surface area contributed by atoms with Crippen molar-refractivity contribution in [3.8, 4) is 6.07 Å². The SMILES string of the molecule is CCN1C(=O)[C@@H](NC(=O)c2csc(C)c2)[C@@H](C2CC2)c2c(C(=O)N3[C@H](C#N)C[C@H]4C[C@H]43)nn(C3CCOCC3)c21. The zero-order valence-corrected chi connectivity index (χ0v) is 23.7. The first kappa shape index (κ1) is 25.7. The van der Waals surface area contributed by atoms with Gasteiger partial charge in [-0.15, -0.1) is 11.3 Å². The molecule has 2 aromatic rings. The Balaban J connectivity index is 1.36. The highest BCUT2D eigenvalue weighted by Crippen LogP contribution is 2.53. The first-order chi connectivity index (χ1) is 19.4. The third kappa shape index (κ3) is 4.06. The second kappa shape index (κ2) is 9.70. The van der Waals surface area contributed by atoms with Crippen molar-refractivity contribution in [2.45, 2.75) is 82.5 Å². The number of carbonyl (C=O) groups excluding carboxylic acids is 3. The average Bonchev–Trinajstić information content (AvgIpc) is 3.83. The van der Waals surface area contributed by atoms with E-state index in [9.17, 15) is 19.6 Å². The molecule has 5 atom stereocenters. The summed E-state index contributed by atoms with van der Waals surface area (Å²) in [5.41, 5.74) is 1.66. The van der Waals surface area contributed by atoms with E-state index >= 15 is 0 Å². The molecular formula is C29H34N6O4S. The Kier molecular flexibility index (Phi) is 6.24. The fourth-order valence-electron chi connectivity index (χ4n) is 7.14. The molecule has 210 valence electrons. The van der Waals surface area contributed by atoms with Crippen molar-refractivity contribution in [2.24, 2.45) is 11.8 Å². The molecule has 2 saturated heterocycles. The number of aryl methyl sites for hydroxylation is 1. The molecule has 5 heterocycles. The Morgan fingerprint density at radius 1 is 1.20 bits per heavy atom. The van der Waals surface area contributed by atoms with E-state index in [0.29, 0.717) is 49.2 Å². The molecule has 2 aromatic heterocycles. The van der Waals surface area contributed by atoms with Gasteiger partial charge in [-0.2, -0.15) is 10.4 Å². The van der Waals surface area contributed by atoms with E-state index in [1.54, 1.807) is 9.80 Å². The summed E-state index contributed by atoms with van der Waals surface area (Å²) in [6.07, 6.45) is 4.98. The molecule has 3 amide bonds. The number of amides is 3. The maximum Gasteiger partial charge on any atom is 0.276 e. The number of ether oxygens (including phenoxy) is 1. The number of nitriles is 1. The zero-order chi connectivity index (χ0) is 27.7. The van der Waals surface area contributed by atoms with Crippen LogP contribution in [0.3, 0.4) is 0 Å². The topological polar surface area (TPSA) is 121 Å².